The lowest BCUT2D eigenvalue weighted by atomic mass is 9.68. The van der Waals surface area contributed by atoms with Crippen molar-refractivity contribution in [3.63, 3.8) is 0 Å². The molecule has 1 atom stereocenters. The summed E-state index contributed by atoms with van der Waals surface area (Å²) in [6.45, 7) is 4.19. The van der Waals surface area contributed by atoms with E-state index in [9.17, 15) is 10.1 Å². The third-order valence-corrected chi connectivity index (χ3v) is 6.38. The number of aliphatic imine (C=N–C) groups is 1. The molecular weight excluding hydrogens is 408 g/mol. The number of hydrogen-bond acceptors (Lipinski definition) is 5. The fourth-order valence-corrected chi connectivity index (χ4v) is 5.11. The lowest BCUT2D eigenvalue weighted by molar-refractivity contribution is -0.118. The maximum Gasteiger partial charge on any atom is 0.162 e. The number of para-hydroxylation sites is 1. The summed E-state index contributed by atoms with van der Waals surface area (Å²) in [6, 6.07) is 17.4. The summed E-state index contributed by atoms with van der Waals surface area (Å²) in [4.78, 5) is 20.1. The first-order valence-electron chi connectivity index (χ1n) is 10.2. The van der Waals surface area contributed by atoms with Crippen molar-refractivity contribution in [3.8, 4) is 6.07 Å². The Bertz CT molecular complexity index is 1280. The summed E-state index contributed by atoms with van der Waals surface area (Å²) in [5.41, 5.74) is 10.5. The topological polar surface area (TPSA) is 82.5 Å². The predicted molar refractivity (Wildman–Crippen MR) is 122 cm³/mol. The number of nitrogens with zero attached hydrogens (tertiary/aromatic N) is 3. The third kappa shape index (κ3) is 2.98. The van der Waals surface area contributed by atoms with Gasteiger partial charge in [-0.25, -0.2) is 4.99 Å². The molecule has 6 heteroatoms. The maximum absolute atomic E-state index is 13.5. The van der Waals surface area contributed by atoms with E-state index in [-0.39, 0.29) is 11.2 Å². The molecule has 3 aliphatic rings. The Hall–Kier alpha value is -3.36. The molecule has 0 unspecified atom stereocenters. The number of rotatable bonds is 1. The van der Waals surface area contributed by atoms with Crippen LogP contribution in [0.4, 0.5) is 5.69 Å². The number of Topliss-reactive ketones (excluding diaryl/α,β-unsaturated/α-hetero) is 1. The standard InChI is InChI=1S/C25H21ClN4O/c1-25(2)11-19-22(20(31)12-25)21(14-6-5-7-15(26)10-14)17(13-27)24-29-23(28)16-8-3-4-9-18(16)30(19)24/h3-10,21H,11-12H2,1-2H3,(H2,28,29)/t21-/m0/s1. The molecule has 0 radical (unpaired) electrons. The SMILES string of the molecule is CC1(C)CC(=O)C2=C(C1)N1C(=C(C#N)[C@@H]2c2cccc(Cl)c2)N=C(N)c2ccccc21. The van der Waals surface area contributed by atoms with Gasteiger partial charge in [-0.15, -0.1) is 0 Å². The average molecular weight is 429 g/mol. The van der Waals surface area contributed by atoms with Gasteiger partial charge in [0.15, 0.2) is 11.6 Å². The van der Waals surface area contributed by atoms with Crippen LogP contribution in [0.3, 0.4) is 0 Å². The van der Waals surface area contributed by atoms with Crippen molar-refractivity contribution in [2.75, 3.05) is 4.90 Å². The van der Waals surface area contributed by atoms with Crippen LogP contribution in [-0.2, 0) is 4.79 Å². The molecule has 0 bridgehead atoms. The quantitative estimate of drug-likeness (QED) is 0.689. The molecule has 5 nitrogen and oxygen atoms in total. The van der Waals surface area contributed by atoms with E-state index in [2.05, 4.69) is 24.9 Å². The van der Waals surface area contributed by atoms with Crippen LogP contribution < -0.4 is 10.6 Å². The van der Waals surface area contributed by atoms with Crippen LogP contribution in [0, 0.1) is 16.7 Å². The zero-order valence-corrected chi connectivity index (χ0v) is 18.1. The predicted octanol–water partition coefficient (Wildman–Crippen LogP) is 5.04. The smallest absolute Gasteiger partial charge is 0.162 e. The normalized spacial score (nSPS) is 21.7. The summed E-state index contributed by atoms with van der Waals surface area (Å²) in [6.07, 6.45) is 1.12. The van der Waals surface area contributed by atoms with Gasteiger partial charge in [-0.1, -0.05) is 49.7 Å². The highest BCUT2D eigenvalue weighted by atomic mass is 35.5. The highest BCUT2D eigenvalue weighted by molar-refractivity contribution is 6.30. The summed E-state index contributed by atoms with van der Waals surface area (Å²) < 4.78 is 0. The molecule has 154 valence electrons. The van der Waals surface area contributed by atoms with Gasteiger partial charge in [0.1, 0.15) is 5.84 Å². The van der Waals surface area contributed by atoms with Crippen molar-refractivity contribution < 1.29 is 4.79 Å². The Morgan fingerprint density at radius 1 is 1.19 bits per heavy atom. The Morgan fingerprint density at radius 2 is 1.97 bits per heavy atom. The van der Waals surface area contributed by atoms with E-state index in [4.69, 9.17) is 17.3 Å². The lowest BCUT2D eigenvalue weighted by Gasteiger charge is -2.45. The second-order valence-electron chi connectivity index (χ2n) is 8.99. The molecule has 1 aliphatic carbocycles. The minimum Gasteiger partial charge on any atom is -0.383 e. The molecule has 0 saturated carbocycles. The first-order chi connectivity index (χ1) is 14.8. The number of benzene rings is 2. The number of halogens is 1. The number of allylic oxidation sites excluding steroid dienone is 3. The van der Waals surface area contributed by atoms with Crippen molar-refractivity contribution in [2.24, 2.45) is 16.1 Å². The lowest BCUT2D eigenvalue weighted by Crippen LogP contribution is -2.42. The monoisotopic (exact) mass is 428 g/mol. The molecule has 2 heterocycles. The minimum atomic E-state index is -0.518. The number of carbonyl (C=O) groups excluding carboxylic acids is 1. The second-order valence-corrected chi connectivity index (χ2v) is 9.42. The van der Waals surface area contributed by atoms with E-state index in [0.29, 0.717) is 40.7 Å². The molecule has 5 rings (SSSR count). The van der Waals surface area contributed by atoms with Crippen molar-refractivity contribution >= 4 is 28.9 Å². The van der Waals surface area contributed by atoms with E-state index in [1.807, 2.05) is 47.4 Å². The van der Waals surface area contributed by atoms with Gasteiger partial charge >= 0.3 is 0 Å². The van der Waals surface area contributed by atoms with Gasteiger partial charge in [-0.2, -0.15) is 5.26 Å². The molecule has 0 aromatic heterocycles. The Morgan fingerprint density at radius 3 is 2.71 bits per heavy atom. The number of anilines is 1. The number of nitrogens with two attached hydrogens (primary N) is 1. The molecule has 2 N–H and O–H groups in total. The van der Waals surface area contributed by atoms with E-state index in [1.165, 1.54) is 0 Å². The number of amidine groups is 1. The number of nitriles is 1. The molecule has 0 saturated heterocycles. The van der Waals surface area contributed by atoms with Crippen LogP contribution in [0.2, 0.25) is 5.02 Å². The Kier molecular flexibility index (Phi) is 4.32. The number of hydrogen-bond donors (Lipinski definition) is 1. The van der Waals surface area contributed by atoms with Gasteiger partial charge in [0.05, 0.1) is 23.2 Å². The van der Waals surface area contributed by atoms with Crippen molar-refractivity contribution in [1.82, 2.24) is 0 Å². The Labute approximate surface area is 186 Å². The Balaban J connectivity index is 1.86. The van der Waals surface area contributed by atoms with Crippen molar-refractivity contribution in [3.05, 3.63) is 87.3 Å². The largest absolute Gasteiger partial charge is 0.383 e. The summed E-state index contributed by atoms with van der Waals surface area (Å²) >= 11 is 6.28. The van der Waals surface area contributed by atoms with E-state index >= 15 is 0 Å². The van der Waals surface area contributed by atoms with Crippen LogP contribution in [0.25, 0.3) is 0 Å². The van der Waals surface area contributed by atoms with Gasteiger partial charge in [-0.05, 0) is 41.7 Å². The minimum absolute atomic E-state index is 0.0584. The van der Waals surface area contributed by atoms with E-state index < -0.39 is 5.92 Å². The van der Waals surface area contributed by atoms with E-state index in [0.717, 1.165) is 22.5 Å². The van der Waals surface area contributed by atoms with Crippen LogP contribution in [0.1, 0.15) is 43.7 Å². The summed E-state index contributed by atoms with van der Waals surface area (Å²) in [7, 11) is 0. The first-order valence-corrected chi connectivity index (χ1v) is 10.6. The zero-order chi connectivity index (χ0) is 21.9. The fourth-order valence-electron chi connectivity index (χ4n) is 4.91. The molecule has 0 amide bonds. The average Bonchev–Trinajstić information content (AvgIpc) is 2.72. The van der Waals surface area contributed by atoms with Gasteiger partial charge in [0.25, 0.3) is 0 Å². The highest BCUT2D eigenvalue weighted by Gasteiger charge is 2.46. The molecule has 31 heavy (non-hydrogen) atoms. The van der Waals surface area contributed by atoms with Crippen LogP contribution >= 0.6 is 11.6 Å². The van der Waals surface area contributed by atoms with Gasteiger partial charge in [0, 0.05) is 28.3 Å². The van der Waals surface area contributed by atoms with Crippen molar-refractivity contribution in [1.29, 1.82) is 5.26 Å². The van der Waals surface area contributed by atoms with E-state index in [1.54, 1.807) is 6.07 Å². The summed E-state index contributed by atoms with van der Waals surface area (Å²) in [5, 5.41) is 10.8. The highest BCUT2D eigenvalue weighted by Crippen LogP contribution is 2.52. The van der Waals surface area contributed by atoms with Gasteiger partial charge < -0.3 is 5.73 Å². The van der Waals surface area contributed by atoms with Crippen LogP contribution in [-0.4, -0.2) is 11.6 Å². The molecule has 2 aromatic rings. The molecule has 0 fully saturated rings. The zero-order valence-electron chi connectivity index (χ0n) is 17.3. The molecule has 2 aliphatic heterocycles. The fraction of sp³-hybridized carbons (Fsp3) is 0.240. The maximum atomic E-state index is 13.5. The van der Waals surface area contributed by atoms with Crippen LogP contribution in [0.15, 0.2) is 76.2 Å². The number of fused-ring (bicyclic) bond motifs is 4. The molecule has 0 spiro atoms. The number of ketones is 1. The van der Waals surface area contributed by atoms with Gasteiger partial charge in [-0.3, -0.25) is 9.69 Å². The molecule has 2 aromatic carbocycles. The first kappa shape index (κ1) is 19.6. The number of carbonyl (C=O) groups is 1. The second kappa shape index (κ2) is 6.83. The van der Waals surface area contributed by atoms with Crippen LogP contribution in [0.5, 0.6) is 0 Å². The summed E-state index contributed by atoms with van der Waals surface area (Å²) in [5.74, 6) is 0.399. The third-order valence-electron chi connectivity index (χ3n) is 6.15. The molecular formula is C25H21ClN4O. The van der Waals surface area contributed by atoms with Gasteiger partial charge in [0.2, 0.25) is 0 Å². The van der Waals surface area contributed by atoms with Crippen molar-refractivity contribution in [2.45, 2.75) is 32.6 Å².